The maximum absolute atomic E-state index is 15.8. The summed E-state index contributed by atoms with van der Waals surface area (Å²) >= 11 is 0. The topological polar surface area (TPSA) is 807 Å². The van der Waals surface area contributed by atoms with Crippen molar-refractivity contribution in [2.75, 3.05) is 13.2 Å². The first-order chi connectivity index (χ1) is 58.0. The van der Waals surface area contributed by atoms with Crippen molar-refractivity contribution in [3.05, 3.63) is 133 Å². The minimum absolute atomic E-state index is 0.187. The van der Waals surface area contributed by atoms with Crippen LogP contribution in [0.2, 0.25) is 0 Å². The molecule has 2 saturated heterocycles. The molecule has 0 bridgehead atoms. The molecule has 640 valence electrons. The van der Waals surface area contributed by atoms with E-state index < -0.39 is 366 Å². The number of hydrogen-bond donors (Lipinski definition) is 26. The number of phenols is 23. The number of carbonyl (C=O) groups is 7. The molecule has 3 aliphatic rings. The first kappa shape index (κ1) is 82.5. The number of aliphatic hydroxyl groups is 3. The molecular formula is C75H52O48. The first-order valence-electron chi connectivity index (χ1n) is 34.2. The number of ether oxygens (including phenoxy) is 11. The van der Waals surface area contributed by atoms with Crippen LogP contribution in [0, 0.1) is 0 Å². The minimum Gasteiger partial charge on any atom is -0.504 e. The quantitative estimate of drug-likeness (QED) is 0.0230. The molecule has 48 heteroatoms. The van der Waals surface area contributed by atoms with Crippen LogP contribution in [0.15, 0.2) is 91.2 Å². The van der Waals surface area contributed by atoms with Gasteiger partial charge in [-0.3, -0.25) is 0 Å². The molecule has 48 nitrogen and oxygen atoms in total. The summed E-state index contributed by atoms with van der Waals surface area (Å²) in [6.45, 7) is -2.80. The number of esters is 7. The summed E-state index contributed by atoms with van der Waals surface area (Å²) in [5.74, 6) is -52.5. The van der Waals surface area contributed by atoms with Gasteiger partial charge in [-0.15, -0.1) is 0 Å². The number of carbonyl (C=O) groups excluding carboxylic acids is 7. The van der Waals surface area contributed by atoms with Gasteiger partial charge in [-0.05, 0) is 48.5 Å². The van der Waals surface area contributed by atoms with Crippen LogP contribution in [0.4, 0.5) is 0 Å². The minimum atomic E-state index is -3.08. The number of fused-ring (bicyclic) bond motifs is 4. The van der Waals surface area contributed by atoms with Gasteiger partial charge in [0, 0.05) is 46.2 Å². The zero-order chi connectivity index (χ0) is 89.3. The summed E-state index contributed by atoms with van der Waals surface area (Å²) in [4.78, 5) is 130. The summed E-state index contributed by atoms with van der Waals surface area (Å²) < 4.78 is 72.1. The molecule has 0 spiro atoms. The molecule has 0 saturated carbocycles. The lowest BCUT2D eigenvalue weighted by Gasteiger charge is -2.43. The largest absolute Gasteiger partial charge is 0.504 e. The monoisotopic (exact) mass is 1720 g/mol. The van der Waals surface area contributed by atoms with Crippen LogP contribution in [0.5, 0.6) is 155 Å². The van der Waals surface area contributed by atoms with E-state index in [1.165, 1.54) is 0 Å². The zero-order valence-corrected chi connectivity index (χ0v) is 60.2. The predicted molar refractivity (Wildman–Crippen MR) is 384 cm³/mol. The third kappa shape index (κ3) is 14.0. The number of benzene rings is 9. The van der Waals surface area contributed by atoms with E-state index in [2.05, 4.69) is 0 Å². The average Bonchev–Trinajstić information content (AvgIpc) is 0.736. The van der Waals surface area contributed by atoms with Crippen LogP contribution in [-0.4, -0.2) is 249 Å². The van der Waals surface area contributed by atoms with Crippen LogP contribution in [0.25, 0.3) is 43.8 Å². The Hall–Kier alpha value is -17.0. The van der Waals surface area contributed by atoms with Crippen molar-refractivity contribution in [1.29, 1.82) is 0 Å². The number of rotatable bonds is 15. The molecule has 3 aliphatic heterocycles. The summed E-state index contributed by atoms with van der Waals surface area (Å²) in [6, 6.07) is 4.68. The lowest BCUT2D eigenvalue weighted by atomic mass is 9.91. The van der Waals surface area contributed by atoms with E-state index in [9.17, 15) is 166 Å². The second kappa shape index (κ2) is 30.5. The molecule has 2 aromatic heterocycles. The SMILES string of the molecule is O=C(OC1C(OC(=O)c2cc(O)c(O)c(O)c2Oc2cc3c(=O)oc4c(O)c(O)cc5c(=O)oc(c2O)c3c45)OC2COC(=O)c3cc(O)c(O)c(O)c3-c3c(cc(Oc4cc(C(=O)OC5C(O)OC(CO)C(O)C5OC(=O)c5cc(O)c(O)c(O)c5)c(O)c(O)c4O)c(O)c3O)C(=O)OC2C1OC(=O)c1cc(O)c(O)c(O)c1)c1cc(O)c(O)c(O)c1. The summed E-state index contributed by atoms with van der Waals surface area (Å²) in [5, 5.41) is 281. The van der Waals surface area contributed by atoms with Gasteiger partial charge >= 0.3 is 53.0 Å². The smallest absolute Gasteiger partial charge is 0.344 e. The number of aliphatic hydroxyl groups excluding tert-OH is 3. The molecule has 10 atom stereocenters. The van der Waals surface area contributed by atoms with Crippen LogP contribution < -0.4 is 20.7 Å². The number of phenolic OH excluding ortho intramolecular Hbond substituents is 23. The molecule has 123 heavy (non-hydrogen) atoms. The van der Waals surface area contributed by atoms with Gasteiger partial charge in [-0.1, -0.05) is 0 Å². The van der Waals surface area contributed by atoms with Crippen molar-refractivity contribution < 1.29 is 227 Å². The van der Waals surface area contributed by atoms with Gasteiger partial charge in [0.1, 0.15) is 36.0 Å². The Morgan fingerprint density at radius 3 is 1.34 bits per heavy atom. The maximum atomic E-state index is 15.8. The summed E-state index contributed by atoms with van der Waals surface area (Å²) in [6.07, 6.45) is -26.4. The lowest BCUT2D eigenvalue weighted by Crippen LogP contribution is -2.63. The molecule has 0 radical (unpaired) electrons. The second-order valence-electron chi connectivity index (χ2n) is 26.6. The van der Waals surface area contributed by atoms with Gasteiger partial charge in [0.15, 0.2) is 151 Å². The molecule has 11 aromatic rings. The van der Waals surface area contributed by atoms with E-state index in [4.69, 9.17) is 60.9 Å². The third-order valence-corrected chi connectivity index (χ3v) is 19.2. The average molecular weight is 1720 g/mol. The van der Waals surface area contributed by atoms with Crippen LogP contribution in [0.1, 0.15) is 72.5 Å². The predicted octanol–water partition coefficient (Wildman–Crippen LogP) is 2.52. The van der Waals surface area contributed by atoms with Gasteiger partial charge in [-0.25, -0.2) is 43.2 Å². The molecule has 0 amide bonds. The highest BCUT2D eigenvalue weighted by Gasteiger charge is 2.57. The highest BCUT2D eigenvalue weighted by molar-refractivity contribution is 6.22. The lowest BCUT2D eigenvalue weighted by molar-refractivity contribution is -0.285. The highest BCUT2D eigenvalue weighted by Crippen LogP contribution is 2.57. The maximum Gasteiger partial charge on any atom is 0.344 e. The normalized spacial score (nSPS) is 19.4. The van der Waals surface area contributed by atoms with Gasteiger partial charge in [0.05, 0.1) is 45.2 Å². The van der Waals surface area contributed by atoms with Crippen molar-refractivity contribution in [1.82, 2.24) is 0 Å². The van der Waals surface area contributed by atoms with Crippen LogP contribution in [0.3, 0.4) is 0 Å². The van der Waals surface area contributed by atoms with Gasteiger partial charge in [0.25, 0.3) is 0 Å². The van der Waals surface area contributed by atoms with Crippen molar-refractivity contribution in [2.45, 2.75) is 61.4 Å². The Morgan fingerprint density at radius 2 is 0.797 bits per heavy atom. The van der Waals surface area contributed by atoms with E-state index in [0.717, 1.165) is 0 Å². The van der Waals surface area contributed by atoms with E-state index in [1.807, 2.05) is 0 Å². The number of cyclic esters (lactones) is 1. The van der Waals surface area contributed by atoms with Crippen molar-refractivity contribution in [2.24, 2.45) is 0 Å². The van der Waals surface area contributed by atoms with Crippen molar-refractivity contribution in [3.8, 4) is 166 Å². The Morgan fingerprint density at radius 1 is 0.366 bits per heavy atom. The van der Waals surface area contributed by atoms with Gasteiger partial charge in [-0.2, -0.15) is 0 Å². The van der Waals surface area contributed by atoms with Crippen molar-refractivity contribution in [3.63, 3.8) is 0 Å². The summed E-state index contributed by atoms with van der Waals surface area (Å²) in [7, 11) is 0. The fourth-order valence-corrected chi connectivity index (χ4v) is 13.1. The van der Waals surface area contributed by atoms with Crippen LogP contribution in [-0.2, 0) is 42.6 Å². The first-order valence-corrected chi connectivity index (χ1v) is 34.2. The third-order valence-electron chi connectivity index (χ3n) is 19.2. The Bertz CT molecular complexity index is 6450. The van der Waals surface area contributed by atoms with Gasteiger partial charge in [0.2, 0.25) is 58.4 Å². The molecule has 14 rings (SSSR count). The Labute approximate surface area is 673 Å². The molecule has 9 aromatic carbocycles. The van der Waals surface area contributed by atoms with E-state index in [0.29, 0.717) is 48.5 Å². The molecule has 2 fully saturated rings. The van der Waals surface area contributed by atoms with E-state index in [1.54, 1.807) is 0 Å². The molecule has 26 N–H and O–H groups in total. The fourth-order valence-electron chi connectivity index (χ4n) is 13.1. The van der Waals surface area contributed by atoms with Crippen molar-refractivity contribution >= 4 is 74.5 Å². The number of hydrogen-bond acceptors (Lipinski definition) is 48. The van der Waals surface area contributed by atoms with Gasteiger partial charge < -0.3 is 194 Å². The molecular weight excluding hydrogens is 1670 g/mol. The summed E-state index contributed by atoms with van der Waals surface area (Å²) in [5.41, 5.74) is -16.2. The number of aromatic hydroxyl groups is 23. The highest BCUT2D eigenvalue weighted by atomic mass is 16.8. The van der Waals surface area contributed by atoms with Crippen LogP contribution >= 0.6 is 0 Å². The molecule has 5 heterocycles. The second-order valence-corrected chi connectivity index (χ2v) is 26.6. The Balaban J connectivity index is 0.895. The standard InChI is InChI=1S/C75H52O48/c76-13-36-52(96)61(119-65(101)15-1-24(77)43(87)25(78)2-15)63(74(110)114-36)121-72(108)22-12-34(50(94)55(99)42(22)86)112-33-10-20-39(54(98)49(33)93)38-18(7-30(83)46(90)53(38)97)68(104)111-14-37-58(116-70(20)106)62(120-66(102)16-3-26(79)44(88)27(80)4-16)64(122-67(103)17-5-28(81)45(89)29(82)6-17)75(115-37)123-73(109)23-9-31(84)47(91)56(100)57(23)113-35-11-21-41-40-19(69(105)118-60(41)51(35)95)8-32(85)48(92)59(40)117-71(21)107/h1-12,36-37,52,58,61-64,74-100,110H,13-14H2. The Kier molecular flexibility index (Phi) is 20.5. The zero-order valence-electron chi connectivity index (χ0n) is 60.2. The fraction of sp³-hybridized carbons (Fsp3) is 0.160. The van der Waals surface area contributed by atoms with E-state index in [-0.39, 0.29) is 24.3 Å². The molecule has 0 aliphatic carbocycles. The molecule has 10 unspecified atom stereocenters. The van der Waals surface area contributed by atoms with E-state index >= 15 is 9.59 Å².